The Hall–Kier alpha value is -2.86. The van der Waals surface area contributed by atoms with Crippen molar-refractivity contribution in [1.29, 1.82) is 0 Å². The standard InChI is InChI=1S/C33H46N2O3S/c1-3-4-5-6-7-8-9-10-11-12-13-14-23-37-31-16-15-17-32(25-31)38-27-33(36)34-30-20-18-29(19-21-30)26-35-22-24-39-28(35)2/h15-22,24-25H,3-14,23,26-27H2,1-2H3/p+1. The number of nitrogens with zero attached hydrogens (tertiary/aromatic N) is 1. The smallest absolute Gasteiger partial charge is 0.262 e. The first-order valence-electron chi connectivity index (χ1n) is 14.8. The molecule has 1 amide bonds. The molecule has 0 saturated heterocycles. The van der Waals surface area contributed by atoms with Gasteiger partial charge in [-0.2, -0.15) is 4.57 Å². The maximum absolute atomic E-state index is 12.4. The molecule has 0 aliphatic carbocycles. The summed E-state index contributed by atoms with van der Waals surface area (Å²) in [6.45, 7) is 5.87. The molecular weight excluding hydrogens is 504 g/mol. The van der Waals surface area contributed by atoms with Gasteiger partial charge in [0, 0.05) is 24.2 Å². The second-order valence-corrected chi connectivity index (χ2v) is 11.4. The number of ether oxygens (including phenoxy) is 2. The Labute approximate surface area is 239 Å². The van der Waals surface area contributed by atoms with Crippen molar-refractivity contribution in [3.8, 4) is 11.5 Å². The molecule has 6 heteroatoms. The third-order valence-electron chi connectivity index (χ3n) is 6.92. The molecule has 5 nitrogen and oxygen atoms in total. The predicted octanol–water partition coefficient (Wildman–Crippen LogP) is 8.49. The van der Waals surface area contributed by atoms with Gasteiger partial charge in [-0.25, -0.2) is 0 Å². The molecule has 1 N–H and O–H groups in total. The Morgan fingerprint density at radius 2 is 1.44 bits per heavy atom. The highest BCUT2D eigenvalue weighted by Gasteiger charge is 2.09. The fourth-order valence-electron chi connectivity index (χ4n) is 4.56. The molecule has 0 bridgehead atoms. The molecule has 2 aromatic carbocycles. The molecule has 3 aromatic rings. The van der Waals surface area contributed by atoms with Crippen molar-refractivity contribution in [2.45, 2.75) is 97.4 Å². The number of aromatic nitrogens is 1. The van der Waals surface area contributed by atoms with Gasteiger partial charge in [-0.05, 0) is 30.7 Å². The summed E-state index contributed by atoms with van der Waals surface area (Å²) in [5, 5.41) is 6.26. The minimum atomic E-state index is -0.186. The van der Waals surface area contributed by atoms with Gasteiger partial charge in [0.05, 0.1) is 12.0 Å². The Kier molecular flexibility index (Phi) is 14.5. The lowest BCUT2D eigenvalue weighted by atomic mass is 10.1. The summed E-state index contributed by atoms with van der Waals surface area (Å²) < 4.78 is 13.8. The third kappa shape index (κ3) is 12.7. The van der Waals surface area contributed by atoms with E-state index < -0.39 is 0 Å². The van der Waals surface area contributed by atoms with Crippen LogP contribution in [0.25, 0.3) is 0 Å². The quantitative estimate of drug-likeness (QED) is 0.113. The number of aryl methyl sites for hydroxylation is 1. The molecule has 0 fully saturated rings. The molecular formula is C33H47N2O3S+. The van der Waals surface area contributed by atoms with E-state index in [0.717, 1.165) is 24.4 Å². The van der Waals surface area contributed by atoms with Gasteiger partial charge in [0.15, 0.2) is 19.3 Å². The zero-order chi connectivity index (χ0) is 27.5. The molecule has 0 unspecified atom stereocenters. The van der Waals surface area contributed by atoms with E-state index >= 15 is 0 Å². The molecule has 0 aliphatic rings. The molecule has 39 heavy (non-hydrogen) atoms. The first-order chi connectivity index (χ1) is 19.1. The van der Waals surface area contributed by atoms with Crippen LogP contribution in [0, 0.1) is 6.92 Å². The maximum Gasteiger partial charge on any atom is 0.262 e. The van der Waals surface area contributed by atoms with Gasteiger partial charge in [-0.15, -0.1) is 0 Å². The largest absolute Gasteiger partial charge is 0.493 e. The van der Waals surface area contributed by atoms with E-state index in [-0.39, 0.29) is 12.5 Å². The van der Waals surface area contributed by atoms with Gasteiger partial charge < -0.3 is 14.8 Å². The van der Waals surface area contributed by atoms with Crippen molar-refractivity contribution in [1.82, 2.24) is 0 Å². The topological polar surface area (TPSA) is 51.4 Å². The summed E-state index contributed by atoms with van der Waals surface area (Å²) in [5.74, 6) is 1.23. The summed E-state index contributed by atoms with van der Waals surface area (Å²) in [5.41, 5.74) is 1.95. The molecule has 1 aromatic heterocycles. The first kappa shape index (κ1) is 30.7. The third-order valence-corrected chi connectivity index (χ3v) is 7.75. The van der Waals surface area contributed by atoms with Crippen LogP contribution in [-0.4, -0.2) is 19.1 Å². The number of rotatable bonds is 20. The maximum atomic E-state index is 12.4. The number of nitrogens with one attached hydrogen (secondary N) is 1. The van der Waals surface area contributed by atoms with Crippen LogP contribution in [0.4, 0.5) is 5.69 Å². The molecule has 0 atom stereocenters. The predicted molar refractivity (Wildman–Crippen MR) is 162 cm³/mol. The highest BCUT2D eigenvalue weighted by atomic mass is 32.1. The zero-order valence-corrected chi connectivity index (χ0v) is 24.8. The highest BCUT2D eigenvalue weighted by molar-refractivity contribution is 7.09. The first-order valence-corrected chi connectivity index (χ1v) is 15.7. The van der Waals surface area contributed by atoms with E-state index in [1.54, 1.807) is 11.3 Å². The fraction of sp³-hybridized carbons (Fsp3) is 0.515. The average molecular weight is 552 g/mol. The van der Waals surface area contributed by atoms with Crippen LogP contribution in [0.3, 0.4) is 0 Å². The molecule has 0 spiro atoms. The van der Waals surface area contributed by atoms with Gasteiger partial charge in [-0.3, -0.25) is 4.79 Å². The van der Waals surface area contributed by atoms with Crippen molar-refractivity contribution in [2.24, 2.45) is 0 Å². The van der Waals surface area contributed by atoms with E-state index in [4.69, 9.17) is 9.47 Å². The normalized spacial score (nSPS) is 10.9. The van der Waals surface area contributed by atoms with Crippen molar-refractivity contribution in [2.75, 3.05) is 18.5 Å². The van der Waals surface area contributed by atoms with E-state index in [2.05, 4.69) is 35.3 Å². The van der Waals surface area contributed by atoms with Crippen LogP contribution >= 0.6 is 11.3 Å². The molecule has 0 aliphatic heterocycles. The van der Waals surface area contributed by atoms with Gasteiger partial charge in [-0.1, -0.05) is 107 Å². The van der Waals surface area contributed by atoms with Crippen LogP contribution in [0.5, 0.6) is 11.5 Å². The lowest BCUT2D eigenvalue weighted by Gasteiger charge is -2.10. The molecule has 1 heterocycles. The van der Waals surface area contributed by atoms with Crippen LogP contribution < -0.4 is 19.4 Å². The number of carbonyl (C=O) groups is 1. The lowest BCUT2D eigenvalue weighted by Crippen LogP contribution is -2.34. The number of thiazole rings is 1. The number of hydrogen-bond acceptors (Lipinski definition) is 4. The van der Waals surface area contributed by atoms with Crippen molar-refractivity contribution >= 4 is 22.9 Å². The van der Waals surface area contributed by atoms with E-state index in [1.807, 2.05) is 48.5 Å². The van der Waals surface area contributed by atoms with Gasteiger partial charge in [0.1, 0.15) is 11.5 Å². The Bertz CT molecular complexity index is 1080. The molecule has 212 valence electrons. The van der Waals surface area contributed by atoms with Gasteiger partial charge >= 0.3 is 0 Å². The minimum absolute atomic E-state index is 0.0477. The average Bonchev–Trinajstić information content (AvgIpc) is 3.35. The van der Waals surface area contributed by atoms with E-state index in [0.29, 0.717) is 12.4 Å². The monoisotopic (exact) mass is 551 g/mol. The summed E-state index contributed by atoms with van der Waals surface area (Å²) in [4.78, 5) is 12.4. The van der Waals surface area contributed by atoms with Crippen molar-refractivity contribution in [3.63, 3.8) is 0 Å². The molecule has 3 rings (SSSR count). The van der Waals surface area contributed by atoms with Gasteiger partial charge in [0.2, 0.25) is 5.01 Å². The number of hydrogen-bond donors (Lipinski definition) is 1. The van der Waals surface area contributed by atoms with Crippen LogP contribution in [-0.2, 0) is 11.3 Å². The van der Waals surface area contributed by atoms with E-state index in [1.165, 1.54) is 81.2 Å². The van der Waals surface area contributed by atoms with Crippen LogP contribution in [0.2, 0.25) is 0 Å². The number of amides is 1. The Balaban J connectivity index is 1.24. The summed E-state index contributed by atoms with van der Waals surface area (Å²) in [7, 11) is 0. The lowest BCUT2D eigenvalue weighted by molar-refractivity contribution is -0.689. The zero-order valence-electron chi connectivity index (χ0n) is 24.0. The second kappa shape index (κ2) is 18.4. The number of benzene rings is 2. The molecule has 0 radical (unpaired) electrons. The van der Waals surface area contributed by atoms with E-state index in [9.17, 15) is 4.79 Å². The van der Waals surface area contributed by atoms with Crippen molar-refractivity contribution < 1.29 is 18.8 Å². The second-order valence-electron chi connectivity index (χ2n) is 10.3. The van der Waals surface area contributed by atoms with Crippen LogP contribution in [0.15, 0.2) is 60.1 Å². The number of unbranched alkanes of at least 4 members (excludes halogenated alkanes) is 11. The molecule has 0 saturated carbocycles. The Morgan fingerprint density at radius 1 is 0.821 bits per heavy atom. The summed E-state index contributed by atoms with van der Waals surface area (Å²) in [6.07, 6.45) is 18.1. The number of anilines is 1. The van der Waals surface area contributed by atoms with Crippen LogP contribution in [0.1, 0.15) is 94.5 Å². The summed E-state index contributed by atoms with van der Waals surface area (Å²) in [6, 6.07) is 15.5. The van der Waals surface area contributed by atoms with Crippen molar-refractivity contribution in [3.05, 3.63) is 70.7 Å². The fourth-order valence-corrected chi connectivity index (χ4v) is 5.23. The minimum Gasteiger partial charge on any atom is -0.493 e. The number of carbonyl (C=O) groups excluding carboxylic acids is 1. The van der Waals surface area contributed by atoms with Gasteiger partial charge in [0.25, 0.3) is 5.91 Å². The summed E-state index contributed by atoms with van der Waals surface area (Å²) >= 11 is 1.73. The SMILES string of the molecule is CCCCCCCCCCCCCCOc1cccc(OCC(=O)Nc2ccc(C[n+]3ccsc3C)cc2)c1. The Morgan fingerprint density at radius 3 is 2.05 bits per heavy atom. The highest BCUT2D eigenvalue weighted by Crippen LogP contribution is 2.20.